The second kappa shape index (κ2) is 5.09. The molecule has 1 aliphatic rings. The van der Waals surface area contributed by atoms with E-state index in [0.29, 0.717) is 6.04 Å². The number of hydrogen-bond donors (Lipinski definition) is 2. The molecule has 1 heterocycles. The van der Waals surface area contributed by atoms with Crippen LogP contribution in [0.2, 0.25) is 0 Å². The average molecular weight is 220 g/mol. The maximum absolute atomic E-state index is 11.0. The van der Waals surface area contributed by atoms with E-state index < -0.39 is 9.84 Å². The van der Waals surface area contributed by atoms with Crippen molar-refractivity contribution in [3.05, 3.63) is 0 Å². The van der Waals surface area contributed by atoms with Gasteiger partial charge in [-0.1, -0.05) is 0 Å². The van der Waals surface area contributed by atoms with E-state index in [1.807, 2.05) is 6.92 Å². The minimum atomic E-state index is -2.86. The summed E-state index contributed by atoms with van der Waals surface area (Å²) in [6.07, 6.45) is 3.59. The molecular formula is C9H20N2O2S. The zero-order chi connectivity index (χ0) is 10.6. The fourth-order valence-corrected chi connectivity index (χ4v) is 2.90. The molecule has 1 saturated heterocycles. The Kier molecular flexibility index (Phi) is 4.34. The Bertz CT molecular complexity index is 258. The van der Waals surface area contributed by atoms with E-state index in [-0.39, 0.29) is 11.8 Å². The monoisotopic (exact) mass is 220 g/mol. The van der Waals surface area contributed by atoms with Gasteiger partial charge in [0.15, 0.2) is 0 Å². The van der Waals surface area contributed by atoms with Crippen LogP contribution in [0.3, 0.4) is 0 Å². The van der Waals surface area contributed by atoms with Gasteiger partial charge in [0.05, 0.1) is 5.75 Å². The minimum Gasteiger partial charge on any atom is -0.315 e. The molecule has 0 aromatic heterocycles. The normalized spacial score (nSPS) is 26.0. The second-order valence-corrected chi connectivity index (χ2v) is 6.39. The minimum absolute atomic E-state index is 0.0508. The molecule has 2 atom stereocenters. The van der Waals surface area contributed by atoms with Crippen molar-refractivity contribution in [1.29, 1.82) is 0 Å². The van der Waals surface area contributed by atoms with Crippen molar-refractivity contribution < 1.29 is 8.42 Å². The molecule has 0 radical (unpaired) electrons. The van der Waals surface area contributed by atoms with Crippen molar-refractivity contribution in [2.45, 2.75) is 31.8 Å². The molecule has 2 N–H and O–H groups in total. The Balaban J connectivity index is 2.28. The first-order valence-electron chi connectivity index (χ1n) is 5.12. The molecule has 4 nitrogen and oxygen atoms in total. The lowest BCUT2D eigenvalue weighted by atomic mass is 10.1. The SMILES string of the molecule is CC(CS(C)(=O)=O)NC1CCCNC1. The van der Waals surface area contributed by atoms with Crippen LogP contribution in [0.5, 0.6) is 0 Å². The van der Waals surface area contributed by atoms with Crippen LogP contribution in [0.15, 0.2) is 0 Å². The van der Waals surface area contributed by atoms with Crippen molar-refractivity contribution >= 4 is 9.84 Å². The van der Waals surface area contributed by atoms with Crippen LogP contribution in [0.4, 0.5) is 0 Å². The maximum atomic E-state index is 11.0. The zero-order valence-corrected chi connectivity index (χ0v) is 9.73. The van der Waals surface area contributed by atoms with Gasteiger partial charge < -0.3 is 10.6 Å². The van der Waals surface area contributed by atoms with Gasteiger partial charge in [0.1, 0.15) is 9.84 Å². The molecule has 84 valence electrons. The van der Waals surface area contributed by atoms with E-state index >= 15 is 0 Å². The molecule has 2 unspecified atom stereocenters. The lowest BCUT2D eigenvalue weighted by molar-refractivity contribution is 0.367. The highest BCUT2D eigenvalue weighted by molar-refractivity contribution is 7.90. The van der Waals surface area contributed by atoms with Crippen LogP contribution in [0.25, 0.3) is 0 Å². The zero-order valence-electron chi connectivity index (χ0n) is 8.91. The van der Waals surface area contributed by atoms with Gasteiger partial charge in [-0.3, -0.25) is 0 Å². The molecular weight excluding hydrogens is 200 g/mol. The van der Waals surface area contributed by atoms with Crippen LogP contribution in [-0.4, -0.2) is 45.6 Å². The molecule has 0 aliphatic carbocycles. The summed E-state index contributed by atoms with van der Waals surface area (Å²) in [7, 11) is -2.86. The van der Waals surface area contributed by atoms with E-state index in [9.17, 15) is 8.42 Å². The van der Waals surface area contributed by atoms with Gasteiger partial charge in [0.25, 0.3) is 0 Å². The topological polar surface area (TPSA) is 58.2 Å². The maximum Gasteiger partial charge on any atom is 0.148 e. The Morgan fingerprint density at radius 3 is 2.79 bits per heavy atom. The molecule has 1 rings (SSSR count). The lowest BCUT2D eigenvalue weighted by Crippen LogP contribution is -2.48. The summed E-state index contributed by atoms with van der Waals surface area (Å²) in [5.41, 5.74) is 0. The Hall–Kier alpha value is -0.130. The van der Waals surface area contributed by atoms with Crippen molar-refractivity contribution in [3.8, 4) is 0 Å². The average Bonchev–Trinajstić information content (AvgIpc) is 2.02. The molecule has 0 spiro atoms. The Morgan fingerprint density at radius 1 is 1.57 bits per heavy atom. The third-order valence-corrected chi connectivity index (χ3v) is 3.48. The highest BCUT2D eigenvalue weighted by atomic mass is 32.2. The first-order valence-corrected chi connectivity index (χ1v) is 7.18. The van der Waals surface area contributed by atoms with Gasteiger partial charge in [-0.05, 0) is 26.3 Å². The molecule has 1 aliphatic heterocycles. The molecule has 0 saturated carbocycles. The molecule has 14 heavy (non-hydrogen) atoms. The van der Waals surface area contributed by atoms with E-state index in [4.69, 9.17) is 0 Å². The summed E-state index contributed by atoms with van der Waals surface area (Å²) in [5.74, 6) is 0.226. The van der Waals surface area contributed by atoms with Crippen molar-refractivity contribution in [2.24, 2.45) is 0 Å². The highest BCUT2D eigenvalue weighted by Gasteiger charge is 2.17. The van der Waals surface area contributed by atoms with Gasteiger partial charge in [-0.15, -0.1) is 0 Å². The summed E-state index contributed by atoms with van der Waals surface area (Å²) in [4.78, 5) is 0. The Labute approximate surface area is 86.4 Å². The largest absolute Gasteiger partial charge is 0.315 e. The smallest absolute Gasteiger partial charge is 0.148 e. The molecule has 0 bridgehead atoms. The molecule has 1 fully saturated rings. The second-order valence-electron chi connectivity index (χ2n) is 4.20. The highest BCUT2D eigenvalue weighted by Crippen LogP contribution is 2.03. The summed E-state index contributed by atoms with van der Waals surface area (Å²) in [5, 5.41) is 6.62. The summed E-state index contributed by atoms with van der Waals surface area (Å²) < 4.78 is 22.1. The first kappa shape index (κ1) is 11.9. The van der Waals surface area contributed by atoms with Crippen molar-refractivity contribution in [2.75, 3.05) is 25.1 Å². The molecule has 0 amide bonds. The van der Waals surface area contributed by atoms with Gasteiger partial charge in [-0.25, -0.2) is 8.42 Å². The van der Waals surface area contributed by atoms with Gasteiger partial charge in [0.2, 0.25) is 0 Å². The Morgan fingerprint density at radius 2 is 2.29 bits per heavy atom. The standard InChI is InChI=1S/C9H20N2O2S/c1-8(7-14(2,12)13)11-9-4-3-5-10-6-9/h8-11H,3-7H2,1-2H3. The third-order valence-electron chi connectivity index (χ3n) is 2.37. The van der Waals surface area contributed by atoms with Crippen LogP contribution in [0.1, 0.15) is 19.8 Å². The van der Waals surface area contributed by atoms with Crippen molar-refractivity contribution in [3.63, 3.8) is 0 Å². The van der Waals surface area contributed by atoms with Crippen LogP contribution in [-0.2, 0) is 9.84 Å². The van der Waals surface area contributed by atoms with E-state index in [2.05, 4.69) is 10.6 Å². The number of piperidine rings is 1. The predicted octanol–water partition coefficient (Wildman–Crippen LogP) is -0.239. The molecule has 0 aromatic carbocycles. The molecule has 0 aromatic rings. The quantitative estimate of drug-likeness (QED) is 0.686. The number of nitrogens with one attached hydrogen (secondary N) is 2. The summed E-state index contributed by atoms with van der Waals surface area (Å²) >= 11 is 0. The van der Waals surface area contributed by atoms with E-state index in [1.54, 1.807) is 0 Å². The van der Waals surface area contributed by atoms with Crippen LogP contribution >= 0.6 is 0 Å². The molecule has 5 heteroatoms. The summed E-state index contributed by atoms with van der Waals surface area (Å²) in [6, 6.07) is 0.482. The number of sulfone groups is 1. The predicted molar refractivity (Wildman–Crippen MR) is 58.2 cm³/mol. The van der Waals surface area contributed by atoms with Crippen LogP contribution < -0.4 is 10.6 Å². The van der Waals surface area contributed by atoms with Gasteiger partial charge in [-0.2, -0.15) is 0 Å². The van der Waals surface area contributed by atoms with Crippen molar-refractivity contribution in [1.82, 2.24) is 10.6 Å². The lowest BCUT2D eigenvalue weighted by Gasteiger charge is -2.26. The number of hydrogen-bond acceptors (Lipinski definition) is 4. The van der Waals surface area contributed by atoms with E-state index in [1.165, 1.54) is 12.7 Å². The number of rotatable bonds is 4. The van der Waals surface area contributed by atoms with Crippen LogP contribution in [0, 0.1) is 0 Å². The fraction of sp³-hybridized carbons (Fsp3) is 1.00. The fourth-order valence-electron chi connectivity index (χ4n) is 1.90. The third kappa shape index (κ3) is 4.93. The van der Waals surface area contributed by atoms with Gasteiger partial charge >= 0.3 is 0 Å². The first-order chi connectivity index (χ1) is 6.47. The van der Waals surface area contributed by atoms with E-state index in [0.717, 1.165) is 19.5 Å². The van der Waals surface area contributed by atoms with Gasteiger partial charge in [0, 0.05) is 24.9 Å². The summed E-state index contributed by atoms with van der Waals surface area (Å²) in [6.45, 7) is 3.96.